The summed E-state index contributed by atoms with van der Waals surface area (Å²) < 4.78 is 60.1. The number of alkyl halides is 1. The molecule has 2 aromatic carbocycles. The van der Waals surface area contributed by atoms with E-state index >= 15 is 0 Å². The van der Waals surface area contributed by atoms with Gasteiger partial charge in [-0.3, -0.25) is 9.78 Å². The Hall–Kier alpha value is -3.44. The minimum Gasteiger partial charge on any atom is -0.497 e. The molecular formula is C29H33F4N3O4. The largest absolute Gasteiger partial charge is 0.497 e. The number of aliphatic carboxylic acids is 1. The van der Waals surface area contributed by atoms with Crippen molar-refractivity contribution in [3.05, 3.63) is 65.1 Å². The second kappa shape index (κ2) is 12.8. The second-order valence-corrected chi connectivity index (χ2v) is 10.4. The molecule has 0 amide bonds. The number of piperidine rings is 1. The van der Waals surface area contributed by atoms with Gasteiger partial charge in [-0.2, -0.15) is 0 Å². The highest BCUT2D eigenvalue weighted by molar-refractivity contribution is 5.85. The highest BCUT2D eigenvalue weighted by Crippen LogP contribution is 2.42. The summed E-state index contributed by atoms with van der Waals surface area (Å²) >= 11 is 0. The van der Waals surface area contributed by atoms with E-state index in [9.17, 15) is 32.6 Å². The zero-order valence-electron chi connectivity index (χ0n) is 22.2. The van der Waals surface area contributed by atoms with Crippen LogP contribution in [-0.4, -0.2) is 59.4 Å². The van der Waals surface area contributed by atoms with E-state index in [-0.39, 0.29) is 30.6 Å². The van der Waals surface area contributed by atoms with Crippen molar-refractivity contribution in [1.29, 1.82) is 0 Å². The summed E-state index contributed by atoms with van der Waals surface area (Å²) in [6.07, 6.45) is 2.06. The molecule has 1 fully saturated rings. The molecule has 4 rings (SSSR count). The number of carboxylic acid groups (broad SMARTS) is 1. The summed E-state index contributed by atoms with van der Waals surface area (Å²) in [7, 11) is 1.52. The number of halogens is 4. The van der Waals surface area contributed by atoms with Crippen LogP contribution in [0.25, 0.3) is 10.9 Å². The number of hydrogen-bond acceptors (Lipinski definition) is 6. The Morgan fingerprint density at radius 2 is 1.88 bits per heavy atom. The molecule has 11 heteroatoms. The maximum absolute atomic E-state index is 13.9. The molecule has 0 spiro atoms. The highest BCUT2D eigenvalue weighted by atomic mass is 19.1. The predicted molar refractivity (Wildman–Crippen MR) is 142 cm³/mol. The first-order chi connectivity index (χ1) is 19.1. The number of nitrogens with zero attached hydrogens (tertiary/aromatic N) is 2. The molecule has 40 heavy (non-hydrogen) atoms. The number of aliphatic hydroxyl groups is 1. The van der Waals surface area contributed by atoms with Crippen LogP contribution in [0.4, 0.5) is 23.2 Å². The Labute approximate surface area is 229 Å². The molecule has 0 saturated carbocycles. The van der Waals surface area contributed by atoms with Gasteiger partial charge in [0.05, 0.1) is 25.2 Å². The van der Waals surface area contributed by atoms with Crippen LogP contribution in [0.15, 0.2) is 36.5 Å². The molecule has 3 N–H and O–H groups in total. The lowest BCUT2D eigenvalue weighted by atomic mass is 9.71. The maximum atomic E-state index is 13.9. The van der Waals surface area contributed by atoms with Gasteiger partial charge in [-0.1, -0.05) is 0 Å². The van der Waals surface area contributed by atoms with E-state index < -0.39 is 41.6 Å². The van der Waals surface area contributed by atoms with Gasteiger partial charge in [0.1, 0.15) is 23.9 Å². The van der Waals surface area contributed by atoms with Crippen molar-refractivity contribution in [2.45, 2.75) is 44.9 Å². The first kappa shape index (κ1) is 29.5. The minimum absolute atomic E-state index is 0.0707. The Morgan fingerprint density at radius 3 is 2.50 bits per heavy atom. The lowest BCUT2D eigenvalue weighted by Crippen LogP contribution is -2.43. The Morgan fingerprint density at radius 1 is 1.18 bits per heavy atom. The van der Waals surface area contributed by atoms with Crippen LogP contribution >= 0.6 is 0 Å². The average Bonchev–Trinajstić information content (AvgIpc) is 2.92. The van der Waals surface area contributed by atoms with Crippen LogP contribution in [0, 0.1) is 22.9 Å². The number of hydrogen-bond donors (Lipinski definition) is 3. The van der Waals surface area contributed by atoms with E-state index in [2.05, 4.69) is 15.2 Å². The molecule has 0 radical (unpaired) electrons. The molecule has 0 bridgehead atoms. The number of anilines is 1. The average molecular weight is 564 g/mol. The van der Waals surface area contributed by atoms with E-state index in [0.717, 1.165) is 0 Å². The van der Waals surface area contributed by atoms with Gasteiger partial charge in [-0.15, -0.1) is 0 Å². The number of fused-ring (bicyclic) bond motifs is 1. The number of carboxylic acids is 1. The Bertz CT molecular complexity index is 1320. The van der Waals surface area contributed by atoms with Crippen molar-refractivity contribution in [1.82, 2.24) is 9.88 Å². The molecule has 0 unspecified atom stereocenters. The quantitative estimate of drug-likeness (QED) is 0.247. The lowest BCUT2D eigenvalue weighted by molar-refractivity contribution is -0.141. The normalized spacial score (nSPS) is 16.1. The number of ether oxygens (including phenoxy) is 1. The van der Waals surface area contributed by atoms with Crippen molar-refractivity contribution in [3.63, 3.8) is 0 Å². The number of methoxy groups -OCH3 is 1. The molecule has 7 nitrogen and oxygen atoms in total. The zero-order chi connectivity index (χ0) is 28.9. The maximum Gasteiger partial charge on any atom is 0.303 e. The van der Waals surface area contributed by atoms with E-state index in [4.69, 9.17) is 4.74 Å². The highest BCUT2D eigenvalue weighted by Gasteiger charge is 2.37. The van der Waals surface area contributed by atoms with E-state index in [1.807, 2.05) is 0 Å². The van der Waals surface area contributed by atoms with Crippen molar-refractivity contribution in [3.8, 4) is 5.75 Å². The van der Waals surface area contributed by atoms with Gasteiger partial charge in [0.2, 0.25) is 0 Å². The number of aromatic nitrogens is 1. The van der Waals surface area contributed by atoms with Gasteiger partial charge in [0, 0.05) is 42.4 Å². The number of likely N-dealkylation sites (tertiary alicyclic amines) is 1. The molecule has 2 heterocycles. The second-order valence-electron chi connectivity index (χ2n) is 10.4. The summed E-state index contributed by atoms with van der Waals surface area (Å²) in [4.78, 5) is 18.1. The molecule has 1 aliphatic rings. The SMILES string of the molecule is COc1ccc2ncc(CF)c([C@H](O)CCC3(CC(=O)O)CCN(CCNc4c(F)cc(F)cc4F)CC3)c2c1. The molecule has 1 aliphatic heterocycles. The third kappa shape index (κ3) is 6.82. The fraction of sp³-hybridized carbons (Fsp3) is 0.448. The number of aliphatic hydroxyl groups excluding tert-OH is 1. The Balaban J connectivity index is 1.41. The topological polar surface area (TPSA) is 94.9 Å². The van der Waals surface area contributed by atoms with E-state index in [1.165, 1.54) is 13.3 Å². The number of carbonyl (C=O) groups is 1. The van der Waals surface area contributed by atoms with Crippen molar-refractivity contribution in [2.75, 3.05) is 38.6 Å². The van der Waals surface area contributed by atoms with Gasteiger partial charge in [0.15, 0.2) is 11.6 Å². The van der Waals surface area contributed by atoms with Crippen LogP contribution in [0.2, 0.25) is 0 Å². The fourth-order valence-corrected chi connectivity index (χ4v) is 5.58. The number of nitrogens with one attached hydrogen (secondary N) is 1. The minimum atomic E-state index is -1.03. The molecule has 1 saturated heterocycles. The van der Waals surface area contributed by atoms with E-state index in [0.29, 0.717) is 73.2 Å². The summed E-state index contributed by atoms with van der Waals surface area (Å²) in [5.74, 6) is -3.39. The van der Waals surface area contributed by atoms with E-state index in [1.54, 1.807) is 18.2 Å². The molecule has 1 atom stereocenters. The lowest BCUT2D eigenvalue weighted by Gasteiger charge is -2.41. The van der Waals surface area contributed by atoms with Crippen molar-refractivity contribution in [2.24, 2.45) is 5.41 Å². The van der Waals surface area contributed by atoms with Gasteiger partial charge >= 0.3 is 5.97 Å². The molecule has 3 aromatic rings. The van der Waals surface area contributed by atoms with Crippen LogP contribution in [0.3, 0.4) is 0 Å². The number of pyridine rings is 1. The Kier molecular flexibility index (Phi) is 9.47. The monoisotopic (exact) mass is 563 g/mol. The fourth-order valence-electron chi connectivity index (χ4n) is 5.58. The molecule has 216 valence electrons. The van der Waals surface area contributed by atoms with Gasteiger partial charge in [-0.05, 0) is 68.0 Å². The van der Waals surface area contributed by atoms with Crippen LogP contribution in [0.1, 0.15) is 49.3 Å². The molecule has 1 aromatic heterocycles. The first-order valence-electron chi connectivity index (χ1n) is 13.2. The zero-order valence-corrected chi connectivity index (χ0v) is 22.2. The van der Waals surface area contributed by atoms with Crippen molar-refractivity contribution < 1.29 is 37.3 Å². The van der Waals surface area contributed by atoms with Crippen LogP contribution in [-0.2, 0) is 11.5 Å². The summed E-state index contributed by atoms with van der Waals surface area (Å²) in [5, 5.41) is 24.1. The molecular weight excluding hydrogens is 530 g/mol. The van der Waals surface area contributed by atoms with Gasteiger partial charge < -0.3 is 25.2 Å². The third-order valence-corrected chi connectivity index (χ3v) is 7.80. The van der Waals surface area contributed by atoms with Crippen LogP contribution < -0.4 is 10.1 Å². The smallest absolute Gasteiger partial charge is 0.303 e. The van der Waals surface area contributed by atoms with Crippen LogP contribution in [0.5, 0.6) is 5.75 Å². The molecule has 0 aliphatic carbocycles. The standard InChI is InChI=1S/C29H33F4N3O4/c1-40-20-2-3-24-21(14-20)27(18(16-30)17-35-24)25(37)4-5-29(15-26(38)39)6-9-36(10-7-29)11-8-34-28-22(32)12-19(31)13-23(28)33/h2-3,12-14,17,25,34,37H,4-11,15-16H2,1H3,(H,38,39)/t25-/m1/s1. The summed E-state index contributed by atoms with van der Waals surface area (Å²) in [6, 6.07) is 6.41. The third-order valence-electron chi connectivity index (χ3n) is 7.80. The number of rotatable bonds is 12. The van der Waals surface area contributed by atoms with Gasteiger partial charge in [-0.25, -0.2) is 17.6 Å². The summed E-state index contributed by atoms with van der Waals surface area (Å²) in [6.45, 7) is 0.984. The predicted octanol–water partition coefficient (Wildman–Crippen LogP) is 5.61. The van der Waals surface area contributed by atoms with Crippen molar-refractivity contribution >= 4 is 22.6 Å². The first-order valence-corrected chi connectivity index (χ1v) is 13.2. The summed E-state index contributed by atoms with van der Waals surface area (Å²) in [5.41, 5.74) is 0.344. The number of benzene rings is 2. The van der Waals surface area contributed by atoms with Gasteiger partial charge in [0.25, 0.3) is 0 Å².